The summed E-state index contributed by atoms with van der Waals surface area (Å²) < 4.78 is 5.91. The van der Waals surface area contributed by atoms with Gasteiger partial charge >= 0.3 is 0 Å². The van der Waals surface area contributed by atoms with Gasteiger partial charge in [0.1, 0.15) is 11.6 Å². The normalized spacial score (nSPS) is 12.6. The van der Waals surface area contributed by atoms with E-state index in [1.54, 1.807) is 0 Å². The van der Waals surface area contributed by atoms with E-state index in [0.29, 0.717) is 0 Å². The van der Waals surface area contributed by atoms with Gasteiger partial charge in [0.2, 0.25) is 0 Å². The first kappa shape index (κ1) is 13.0. The van der Waals surface area contributed by atoms with Gasteiger partial charge in [-0.1, -0.05) is 23.7 Å². The molecule has 3 nitrogen and oxygen atoms in total. The second kappa shape index (κ2) is 5.17. The van der Waals surface area contributed by atoms with Gasteiger partial charge in [-0.05, 0) is 49.7 Å². The molecule has 3 aromatic rings. The molecule has 102 valence electrons. The predicted molar refractivity (Wildman–Crippen MR) is 81.3 cm³/mol. The fraction of sp³-hybridized carbons (Fsp3) is 0.188. The lowest BCUT2D eigenvalue weighted by molar-refractivity contribution is 0.218. The van der Waals surface area contributed by atoms with E-state index in [9.17, 15) is 0 Å². The van der Waals surface area contributed by atoms with E-state index in [0.717, 1.165) is 33.2 Å². The molecule has 0 saturated carbocycles. The Labute approximate surface area is 122 Å². The summed E-state index contributed by atoms with van der Waals surface area (Å²) in [5.41, 5.74) is 2.97. The zero-order chi connectivity index (χ0) is 14.1. The Morgan fingerprint density at radius 1 is 1.20 bits per heavy atom. The molecule has 1 atom stereocenters. The summed E-state index contributed by atoms with van der Waals surface area (Å²) >= 11 is 6.01. The van der Waals surface area contributed by atoms with Crippen molar-refractivity contribution < 1.29 is 4.74 Å². The lowest BCUT2D eigenvalue weighted by Gasteiger charge is -2.13. The molecule has 1 heterocycles. The van der Waals surface area contributed by atoms with Crippen molar-refractivity contribution in [3.05, 3.63) is 58.9 Å². The van der Waals surface area contributed by atoms with Crippen LogP contribution in [0.5, 0.6) is 5.75 Å². The minimum atomic E-state index is -0.150. The largest absolute Gasteiger partial charge is 0.483 e. The predicted octanol–water partition coefficient (Wildman–Crippen LogP) is 4.66. The van der Waals surface area contributed by atoms with Crippen LogP contribution in [0.25, 0.3) is 11.0 Å². The number of para-hydroxylation sites is 2. The van der Waals surface area contributed by atoms with Gasteiger partial charge in [-0.2, -0.15) is 0 Å². The van der Waals surface area contributed by atoms with Gasteiger partial charge in [0.05, 0.1) is 11.0 Å². The monoisotopic (exact) mass is 286 g/mol. The standard InChI is InChI=1S/C16H15ClN2O/c1-10-9-12(7-8-13(10)17)20-11(2)16-18-14-5-3-4-6-15(14)19-16/h3-9,11H,1-2H3,(H,18,19)/t11-/m1/s1. The van der Waals surface area contributed by atoms with Crippen LogP contribution in [0.1, 0.15) is 24.4 Å². The molecule has 1 aromatic heterocycles. The first-order valence-corrected chi connectivity index (χ1v) is 6.89. The van der Waals surface area contributed by atoms with Crippen LogP contribution < -0.4 is 4.74 Å². The topological polar surface area (TPSA) is 37.9 Å². The highest BCUT2D eigenvalue weighted by Crippen LogP contribution is 2.25. The molecule has 0 aliphatic carbocycles. The zero-order valence-corrected chi connectivity index (χ0v) is 12.1. The van der Waals surface area contributed by atoms with Gasteiger partial charge in [0, 0.05) is 5.02 Å². The van der Waals surface area contributed by atoms with Crippen LogP contribution in [0.15, 0.2) is 42.5 Å². The maximum Gasteiger partial charge on any atom is 0.153 e. The highest BCUT2D eigenvalue weighted by atomic mass is 35.5. The maximum atomic E-state index is 6.01. The number of H-pyrrole nitrogens is 1. The lowest BCUT2D eigenvalue weighted by Crippen LogP contribution is -2.05. The number of nitrogens with one attached hydrogen (secondary N) is 1. The molecule has 3 rings (SSSR count). The van der Waals surface area contributed by atoms with E-state index in [-0.39, 0.29) is 6.10 Å². The van der Waals surface area contributed by atoms with Crippen LogP contribution >= 0.6 is 11.6 Å². The van der Waals surface area contributed by atoms with Crippen LogP contribution in [-0.4, -0.2) is 9.97 Å². The summed E-state index contributed by atoms with van der Waals surface area (Å²) in [6, 6.07) is 13.6. The third-order valence-corrected chi connectivity index (χ3v) is 3.66. The molecule has 0 spiro atoms. The van der Waals surface area contributed by atoms with E-state index in [2.05, 4.69) is 9.97 Å². The van der Waals surface area contributed by atoms with Crippen molar-refractivity contribution in [2.24, 2.45) is 0 Å². The highest BCUT2D eigenvalue weighted by Gasteiger charge is 2.12. The molecule has 0 unspecified atom stereocenters. The highest BCUT2D eigenvalue weighted by molar-refractivity contribution is 6.31. The van der Waals surface area contributed by atoms with E-state index in [4.69, 9.17) is 16.3 Å². The SMILES string of the molecule is Cc1cc(O[C@H](C)c2nc3ccccc3[nH]2)ccc1Cl. The Hall–Kier alpha value is -2.00. The molecule has 20 heavy (non-hydrogen) atoms. The fourth-order valence-electron chi connectivity index (χ4n) is 2.12. The number of aromatic nitrogens is 2. The Morgan fingerprint density at radius 3 is 2.75 bits per heavy atom. The first-order chi connectivity index (χ1) is 9.63. The molecule has 0 fully saturated rings. The van der Waals surface area contributed by atoms with Crippen molar-refractivity contribution in [1.29, 1.82) is 0 Å². The van der Waals surface area contributed by atoms with Gasteiger partial charge in [0.25, 0.3) is 0 Å². The number of aromatic amines is 1. The second-order valence-corrected chi connectivity index (χ2v) is 5.22. The van der Waals surface area contributed by atoms with Gasteiger partial charge in [-0.3, -0.25) is 0 Å². The Kier molecular flexibility index (Phi) is 3.36. The maximum absolute atomic E-state index is 6.01. The van der Waals surface area contributed by atoms with Crippen molar-refractivity contribution in [1.82, 2.24) is 9.97 Å². The molecular weight excluding hydrogens is 272 g/mol. The van der Waals surface area contributed by atoms with Crippen molar-refractivity contribution >= 4 is 22.6 Å². The molecule has 0 bridgehead atoms. The molecule has 4 heteroatoms. The molecular formula is C16H15ClN2O. The number of benzene rings is 2. The number of hydrogen-bond donors (Lipinski definition) is 1. The van der Waals surface area contributed by atoms with Crippen LogP contribution in [0.2, 0.25) is 5.02 Å². The molecule has 0 radical (unpaired) electrons. The number of imidazole rings is 1. The first-order valence-electron chi connectivity index (χ1n) is 6.51. The number of nitrogens with zero attached hydrogens (tertiary/aromatic N) is 1. The van der Waals surface area contributed by atoms with Crippen molar-refractivity contribution in [2.75, 3.05) is 0 Å². The van der Waals surface area contributed by atoms with Crippen LogP contribution in [-0.2, 0) is 0 Å². The number of aryl methyl sites for hydroxylation is 1. The van der Waals surface area contributed by atoms with Crippen LogP contribution in [0.3, 0.4) is 0 Å². The third kappa shape index (κ3) is 2.49. The smallest absolute Gasteiger partial charge is 0.153 e. The van der Waals surface area contributed by atoms with E-state index in [1.807, 2.05) is 56.3 Å². The number of rotatable bonds is 3. The summed E-state index contributed by atoms with van der Waals surface area (Å²) in [7, 11) is 0. The Bertz CT molecular complexity index is 718. The van der Waals surface area contributed by atoms with Crippen LogP contribution in [0.4, 0.5) is 0 Å². The second-order valence-electron chi connectivity index (χ2n) is 4.81. The number of fused-ring (bicyclic) bond motifs is 1. The zero-order valence-electron chi connectivity index (χ0n) is 11.4. The van der Waals surface area contributed by atoms with E-state index >= 15 is 0 Å². The summed E-state index contributed by atoms with van der Waals surface area (Å²) in [6.07, 6.45) is -0.150. The van der Waals surface area contributed by atoms with Gasteiger partial charge in [-0.15, -0.1) is 0 Å². The van der Waals surface area contributed by atoms with E-state index < -0.39 is 0 Å². The summed E-state index contributed by atoms with van der Waals surface area (Å²) in [6.45, 7) is 3.93. The van der Waals surface area contributed by atoms with Gasteiger partial charge in [-0.25, -0.2) is 4.98 Å². The van der Waals surface area contributed by atoms with E-state index in [1.165, 1.54) is 0 Å². The fourth-order valence-corrected chi connectivity index (χ4v) is 2.23. The summed E-state index contributed by atoms with van der Waals surface area (Å²) in [4.78, 5) is 7.82. The quantitative estimate of drug-likeness (QED) is 0.760. The van der Waals surface area contributed by atoms with Gasteiger partial charge in [0.15, 0.2) is 6.10 Å². The minimum Gasteiger partial charge on any atom is -0.483 e. The molecule has 0 saturated heterocycles. The molecule has 0 aliphatic heterocycles. The molecule has 0 aliphatic rings. The number of ether oxygens (including phenoxy) is 1. The van der Waals surface area contributed by atoms with Gasteiger partial charge < -0.3 is 9.72 Å². The Morgan fingerprint density at radius 2 is 2.00 bits per heavy atom. The average molecular weight is 287 g/mol. The Balaban J connectivity index is 1.84. The minimum absolute atomic E-state index is 0.150. The number of hydrogen-bond acceptors (Lipinski definition) is 2. The molecule has 2 aromatic carbocycles. The van der Waals surface area contributed by atoms with Crippen molar-refractivity contribution in [3.63, 3.8) is 0 Å². The third-order valence-electron chi connectivity index (χ3n) is 3.24. The van der Waals surface area contributed by atoms with Crippen molar-refractivity contribution in [3.8, 4) is 5.75 Å². The summed E-state index contributed by atoms with van der Waals surface area (Å²) in [5, 5.41) is 0.744. The van der Waals surface area contributed by atoms with Crippen molar-refractivity contribution in [2.45, 2.75) is 20.0 Å². The number of halogens is 1. The molecule has 0 amide bonds. The lowest BCUT2D eigenvalue weighted by atomic mass is 10.2. The van der Waals surface area contributed by atoms with Crippen LogP contribution in [0, 0.1) is 6.92 Å². The average Bonchev–Trinajstić information content (AvgIpc) is 2.87. The summed E-state index contributed by atoms with van der Waals surface area (Å²) in [5.74, 6) is 1.61. The molecule has 1 N–H and O–H groups in total.